The van der Waals surface area contributed by atoms with Gasteiger partial charge in [0.25, 0.3) is 5.91 Å². The van der Waals surface area contributed by atoms with E-state index in [1.165, 1.54) is 22.5 Å². The molecule has 32 heavy (non-hydrogen) atoms. The average Bonchev–Trinajstić information content (AvgIpc) is 3.46. The van der Waals surface area contributed by atoms with Gasteiger partial charge < -0.3 is 5.32 Å². The van der Waals surface area contributed by atoms with Gasteiger partial charge in [-0.3, -0.25) is 4.79 Å². The summed E-state index contributed by atoms with van der Waals surface area (Å²) in [4.78, 5) is 12.7. The number of hydrogen-bond donors (Lipinski definition) is 1. The third-order valence-corrected chi connectivity index (χ3v) is 8.26. The van der Waals surface area contributed by atoms with E-state index in [1.807, 2.05) is 12.1 Å². The predicted molar refractivity (Wildman–Crippen MR) is 121 cm³/mol. The average molecular weight is 475 g/mol. The molecule has 0 radical (unpaired) electrons. The quantitative estimate of drug-likeness (QED) is 0.548. The van der Waals surface area contributed by atoms with Crippen LogP contribution in [-0.2, 0) is 16.4 Å². The van der Waals surface area contributed by atoms with Gasteiger partial charge in [0.2, 0.25) is 15.0 Å². The van der Waals surface area contributed by atoms with Crippen molar-refractivity contribution in [2.75, 3.05) is 11.9 Å². The van der Waals surface area contributed by atoms with E-state index in [2.05, 4.69) is 22.4 Å². The van der Waals surface area contributed by atoms with Crippen molar-refractivity contribution in [3.8, 4) is 0 Å². The molecule has 7 nitrogen and oxygen atoms in total. The molecule has 1 aromatic heterocycles. The number of halogens is 1. The van der Waals surface area contributed by atoms with Gasteiger partial charge in [-0.25, -0.2) is 12.8 Å². The summed E-state index contributed by atoms with van der Waals surface area (Å²) in [6, 6.07) is 12.3. The number of aromatic nitrogens is 2. The number of aryl methyl sites for hydroxylation is 1. The van der Waals surface area contributed by atoms with Gasteiger partial charge in [-0.1, -0.05) is 48.9 Å². The van der Waals surface area contributed by atoms with Gasteiger partial charge >= 0.3 is 0 Å². The summed E-state index contributed by atoms with van der Waals surface area (Å²) in [6.45, 7) is 2.45. The van der Waals surface area contributed by atoms with Crippen LogP contribution in [0.2, 0.25) is 0 Å². The molecule has 0 bridgehead atoms. The molecule has 1 saturated heterocycles. The summed E-state index contributed by atoms with van der Waals surface area (Å²) in [6.07, 6.45) is 3.17. The van der Waals surface area contributed by atoms with E-state index in [-0.39, 0.29) is 15.6 Å². The first kappa shape index (κ1) is 22.5. The number of anilines is 1. The number of carbonyl (C=O) groups is 1. The Hall–Kier alpha value is -2.69. The van der Waals surface area contributed by atoms with E-state index < -0.39 is 27.8 Å². The van der Waals surface area contributed by atoms with E-state index >= 15 is 0 Å². The van der Waals surface area contributed by atoms with Crippen LogP contribution in [0.5, 0.6) is 0 Å². The Labute approximate surface area is 190 Å². The number of hydrogen-bond acceptors (Lipinski definition) is 6. The Morgan fingerprint density at radius 2 is 1.94 bits per heavy atom. The maximum Gasteiger partial charge on any atom is 0.286 e. The molecule has 4 rings (SSSR count). The Kier molecular flexibility index (Phi) is 6.63. The fourth-order valence-electron chi connectivity index (χ4n) is 3.73. The molecular formula is C22H23FN4O3S2. The van der Waals surface area contributed by atoms with Crippen LogP contribution >= 0.6 is 11.3 Å². The van der Waals surface area contributed by atoms with Crippen molar-refractivity contribution >= 4 is 33.0 Å². The molecule has 168 valence electrons. The lowest BCUT2D eigenvalue weighted by atomic mass is 10.1. The minimum atomic E-state index is -3.71. The molecule has 1 atom stereocenters. The van der Waals surface area contributed by atoms with E-state index in [9.17, 15) is 17.6 Å². The maximum absolute atomic E-state index is 13.8. The Balaban J connectivity index is 1.53. The second-order valence-corrected chi connectivity index (χ2v) is 10.4. The van der Waals surface area contributed by atoms with Crippen LogP contribution in [0.3, 0.4) is 0 Å². The van der Waals surface area contributed by atoms with Gasteiger partial charge in [0.1, 0.15) is 10.8 Å². The standard InChI is InChI=1S/C22H23FN4O3S2/c1-2-6-15-10-12-16(13-11-15)32(29,30)27-14-5-9-19(27)21-25-26-22(31-21)20(28)24-18-8-4-3-7-17(18)23/h3-4,7-8,10-13,19H,2,5-6,9,14H2,1H3,(H,24,28)/t19-/m0/s1. The lowest BCUT2D eigenvalue weighted by molar-refractivity contribution is 0.102. The molecular weight excluding hydrogens is 451 g/mol. The summed E-state index contributed by atoms with van der Waals surface area (Å²) in [7, 11) is -3.71. The van der Waals surface area contributed by atoms with Crippen LogP contribution in [0.4, 0.5) is 10.1 Å². The van der Waals surface area contributed by atoms with E-state index in [0.717, 1.165) is 29.7 Å². The summed E-state index contributed by atoms with van der Waals surface area (Å²) in [5.74, 6) is -1.14. The molecule has 0 saturated carbocycles. The van der Waals surface area contributed by atoms with Gasteiger partial charge in [-0.05, 0) is 49.1 Å². The number of para-hydroxylation sites is 1. The number of rotatable bonds is 7. The summed E-state index contributed by atoms with van der Waals surface area (Å²) < 4.78 is 41.8. The number of nitrogens with one attached hydrogen (secondary N) is 1. The zero-order valence-corrected chi connectivity index (χ0v) is 19.1. The molecule has 0 aliphatic carbocycles. The highest BCUT2D eigenvalue weighted by molar-refractivity contribution is 7.89. The molecule has 10 heteroatoms. The largest absolute Gasteiger partial charge is 0.317 e. The van der Waals surface area contributed by atoms with Crippen LogP contribution in [0.15, 0.2) is 53.4 Å². The van der Waals surface area contributed by atoms with Crippen molar-refractivity contribution in [3.05, 3.63) is 69.9 Å². The number of benzene rings is 2. The van der Waals surface area contributed by atoms with Crippen LogP contribution in [0, 0.1) is 5.82 Å². The van der Waals surface area contributed by atoms with Gasteiger partial charge in [0, 0.05) is 6.54 Å². The SMILES string of the molecule is CCCc1ccc(S(=O)(=O)N2CCC[C@H]2c2nnc(C(=O)Nc3ccccc3F)s2)cc1. The van der Waals surface area contributed by atoms with Crippen molar-refractivity contribution in [2.45, 2.75) is 43.5 Å². The van der Waals surface area contributed by atoms with Crippen LogP contribution in [0.1, 0.15) is 52.6 Å². The highest BCUT2D eigenvalue weighted by atomic mass is 32.2. The lowest BCUT2D eigenvalue weighted by Gasteiger charge is -2.22. The number of sulfonamides is 1. The fourth-order valence-corrected chi connectivity index (χ4v) is 6.34. The molecule has 3 aromatic rings. The molecule has 0 unspecified atom stereocenters. The predicted octanol–water partition coefficient (Wildman–Crippen LogP) is 4.41. The first-order chi connectivity index (χ1) is 15.4. The summed E-state index contributed by atoms with van der Waals surface area (Å²) >= 11 is 1.02. The first-order valence-electron chi connectivity index (χ1n) is 10.4. The first-order valence-corrected chi connectivity index (χ1v) is 12.7. The fraction of sp³-hybridized carbons (Fsp3) is 0.318. The van der Waals surface area contributed by atoms with Crippen LogP contribution < -0.4 is 5.32 Å². The summed E-state index contributed by atoms with van der Waals surface area (Å²) in [5.41, 5.74) is 1.14. The van der Waals surface area contributed by atoms with Crippen LogP contribution in [0.25, 0.3) is 0 Å². The molecule has 1 aliphatic rings. The Morgan fingerprint density at radius 3 is 2.66 bits per heavy atom. The third-order valence-electron chi connectivity index (χ3n) is 5.31. The minimum Gasteiger partial charge on any atom is -0.317 e. The second kappa shape index (κ2) is 9.43. The highest BCUT2D eigenvalue weighted by Crippen LogP contribution is 2.37. The van der Waals surface area contributed by atoms with E-state index in [4.69, 9.17) is 0 Å². The van der Waals surface area contributed by atoms with Crippen molar-refractivity contribution in [1.29, 1.82) is 0 Å². The topological polar surface area (TPSA) is 92.3 Å². The maximum atomic E-state index is 13.8. The zero-order valence-electron chi connectivity index (χ0n) is 17.5. The zero-order chi connectivity index (χ0) is 22.7. The van der Waals surface area contributed by atoms with Crippen molar-refractivity contribution in [3.63, 3.8) is 0 Å². The molecule has 0 spiro atoms. The normalized spacial score (nSPS) is 16.9. The molecule has 1 aliphatic heterocycles. The number of nitrogens with zero attached hydrogens (tertiary/aromatic N) is 3. The van der Waals surface area contributed by atoms with E-state index in [1.54, 1.807) is 18.2 Å². The Bertz CT molecular complexity index is 1210. The monoisotopic (exact) mass is 474 g/mol. The third kappa shape index (κ3) is 4.57. The minimum absolute atomic E-state index is 0.0471. The second-order valence-electron chi connectivity index (χ2n) is 7.55. The van der Waals surface area contributed by atoms with Crippen molar-refractivity contribution in [1.82, 2.24) is 14.5 Å². The highest BCUT2D eigenvalue weighted by Gasteiger charge is 2.38. The molecule has 2 aromatic carbocycles. The van der Waals surface area contributed by atoms with Gasteiger partial charge in [0.15, 0.2) is 0 Å². The molecule has 2 heterocycles. The van der Waals surface area contributed by atoms with E-state index in [0.29, 0.717) is 24.4 Å². The van der Waals surface area contributed by atoms with Crippen molar-refractivity contribution in [2.24, 2.45) is 0 Å². The van der Waals surface area contributed by atoms with Gasteiger partial charge in [-0.2, -0.15) is 4.31 Å². The molecule has 1 fully saturated rings. The van der Waals surface area contributed by atoms with Gasteiger partial charge in [-0.15, -0.1) is 10.2 Å². The number of amides is 1. The molecule has 1 amide bonds. The molecule has 1 N–H and O–H groups in total. The van der Waals surface area contributed by atoms with Crippen LogP contribution in [-0.4, -0.2) is 35.4 Å². The van der Waals surface area contributed by atoms with Gasteiger partial charge in [0.05, 0.1) is 16.6 Å². The van der Waals surface area contributed by atoms with Crippen molar-refractivity contribution < 1.29 is 17.6 Å². The lowest BCUT2D eigenvalue weighted by Crippen LogP contribution is -2.30. The Morgan fingerprint density at radius 1 is 1.19 bits per heavy atom. The summed E-state index contributed by atoms with van der Waals surface area (Å²) in [5, 5.41) is 11.0. The number of carbonyl (C=O) groups excluding carboxylic acids is 1. The smallest absolute Gasteiger partial charge is 0.286 e.